The van der Waals surface area contributed by atoms with E-state index in [1.54, 1.807) is 13.3 Å². The molecule has 7 nitrogen and oxygen atoms in total. The summed E-state index contributed by atoms with van der Waals surface area (Å²) in [6.07, 6.45) is 3.93. The van der Waals surface area contributed by atoms with Crippen LogP contribution in [0.15, 0.2) is 52.1 Å². The molecule has 2 aromatic rings. The Kier molecular flexibility index (Phi) is 11.9. The average molecular weight is 542 g/mol. The van der Waals surface area contributed by atoms with E-state index in [1.165, 1.54) is 11.1 Å². The molecule has 8 heteroatoms. The number of rotatable bonds is 11. The van der Waals surface area contributed by atoms with Gasteiger partial charge in [-0.3, -0.25) is 9.89 Å². The first-order valence-corrected chi connectivity index (χ1v) is 10.7. The van der Waals surface area contributed by atoms with E-state index in [0.717, 1.165) is 70.6 Å². The highest BCUT2D eigenvalue weighted by molar-refractivity contribution is 14.0. The smallest absolute Gasteiger partial charge is 0.191 e. The van der Waals surface area contributed by atoms with E-state index >= 15 is 0 Å². The van der Waals surface area contributed by atoms with Gasteiger partial charge in [-0.15, -0.1) is 24.0 Å². The van der Waals surface area contributed by atoms with Gasteiger partial charge in [0.05, 0.1) is 25.5 Å². The van der Waals surface area contributed by atoms with Gasteiger partial charge >= 0.3 is 0 Å². The van der Waals surface area contributed by atoms with Gasteiger partial charge in [-0.1, -0.05) is 24.3 Å². The lowest BCUT2D eigenvalue weighted by molar-refractivity contribution is 0.0420. The third-order valence-corrected chi connectivity index (χ3v) is 5.09. The second-order valence-corrected chi connectivity index (χ2v) is 7.58. The van der Waals surface area contributed by atoms with Gasteiger partial charge in [0.1, 0.15) is 5.76 Å². The van der Waals surface area contributed by atoms with Crippen LogP contribution in [0.25, 0.3) is 0 Å². The minimum atomic E-state index is 0. The Morgan fingerprint density at radius 1 is 1.16 bits per heavy atom. The Balaban J connectivity index is 0.00000341. The van der Waals surface area contributed by atoms with Gasteiger partial charge in [0.2, 0.25) is 0 Å². The van der Waals surface area contributed by atoms with Crippen molar-refractivity contribution in [3.8, 4) is 0 Å². The predicted octanol–water partition coefficient (Wildman–Crippen LogP) is 3.39. The van der Waals surface area contributed by atoms with Crippen LogP contribution in [0.4, 0.5) is 0 Å². The quantitative estimate of drug-likeness (QED) is 0.197. The van der Waals surface area contributed by atoms with Crippen LogP contribution in [0.1, 0.15) is 29.7 Å². The summed E-state index contributed by atoms with van der Waals surface area (Å²) in [5.41, 5.74) is 2.55. The van der Waals surface area contributed by atoms with Gasteiger partial charge in [0.15, 0.2) is 5.96 Å². The van der Waals surface area contributed by atoms with Crippen molar-refractivity contribution in [2.45, 2.75) is 38.6 Å². The second kappa shape index (κ2) is 14.4. The number of hydrogen-bond donors (Lipinski definition) is 2. The summed E-state index contributed by atoms with van der Waals surface area (Å²) >= 11 is 0. The predicted molar refractivity (Wildman–Crippen MR) is 134 cm³/mol. The molecule has 0 bridgehead atoms. The number of guanidine groups is 1. The third kappa shape index (κ3) is 9.18. The van der Waals surface area contributed by atoms with Crippen molar-refractivity contribution in [2.75, 3.05) is 40.5 Å². The van der Waals surface area contributed by atoms with Crippen molar-refractivity contribution in [3.05, 3.63) is 59.5 Å². The van der Waals surface area contributed by atoms with E-state index in [4.69, 9.17) is 13.9 Å². The number of nitrogens with zero attached hydrogens (tertiary/aromatic N) is 2. The van der Waals surface area contributed by atoms with Crippen molar-refractivity contribution in [1.82, 2.24) is 15.5 Å². The number of ether oxygens (including phenoxy) is 2. The average Bonchev–Trinajstić information content (AvgIpc) is 3.45. The molecule has 3 rings (SSSR count). The van der Waals surface area contributed by atoms with Crippen molar-refractivity contribution < 1.29 is 13.9 Å². The molecule has 1 aromatic heterocycles. The molecular formula is C23H35IN4O3. The Hall–Kier alpha value is -1.62. The van der Waals surface area contributed by atoms with Gasteiger partial charge in [-0.05, 0) is 43.1 Å². The molecule has 1 unspecified atom stereocenters. The van der Waals surface area contributed by atoms with Crippen molar-refractivity contribution >= 4 is 29.9 Å². The van der Waals surface area contributed by atoms with E-state index < -0.39 is 0 Å². The zero-order chi connectivity index (χ0) is 21.0. The monoisotopic (exact) mass is 542 g/mol. The fourth-order valence-corrected chi connectivity index (χ4v) is 3.47. The lowest BCUT2D eigenvalue weighted by Crippen LogP contribution is -2.38. The number of hydrogen-bond acceptors (Lipinski definition) is 5. The second-order valence-electron chi connectivity index (χ2n) is 7.58. The molecule has 2 N–H and O–H groups in total. The first-order chi connectivity index (χ1) is 14.7. The molecule has 0 spiro atoms. The lowest BCUT2D eigenvalue weighted by atomic mass is 10.1. The van der Waals surface area contributed by atoms with E-state index in [2.05, 4.69) is 51.8 Å². The molecule has 0 amide bonds. The molecule has 1 saturated heterocycles. The van der Waals surface area contributed by atoms with Crippen LogP contribution in [0.3, 0.4) is 0 Å². The summed E-state index contributed by atoms with van der Waals surface area (Å²) in [6.45, 7) is 5.47. The summed E-state index contributed by atoms with van der Waals surface area (Å²) in [5, 5.41) is 6.78. The minimum absolute atomic E-state index is 0. The van der Waals surface area contributed by atoms with Gasteiger partial charge in [-0.2, -0.15) is 0 Å². The minimum Gasteiger partial charge on any atom is -0.468 e. The maximum absolute atomic E-state index is 5.80. The van der Waals surface area contributed by atoms with Crippen LogP contribution in [0.5, 0.6) is 0 Å². The van der Waals surface area contributed by atoms with Gasteiger partial charge in [0, 0.05) is 39.9 Å². The van der Waals surface area contributed by atoms with Crippen molar-refractivity contribution in [2.24, 2.45) is 4.99 Å². The molecule has 1 aromatic carbocycles. The normalized spacial score (nSPS) is 16.4. The van der Waals surface area contributed by atoms with Crippen LogP contribution >= 0.6 is 24.0 Å². The Labute approximate surface area is 202 Å². The standard InChI is InChI=1S/C23H34N4O3.HI/c1-24-23(25-11-6-13-30-22-10-14-28-18-22)26-15-19-7-3-4-8-20(19)16-27(2)17-21-9-5-12-29-21;/h3-5,7-9,12,22H,6,10-11,13-18H2,1-2H3,(H2,24,25,26);1H. The SMILES string of the molecule is CN=C(NCCCOC1CCOC1)NCc1ccccc1CN(C)Cc1ccco1.I. The fourth-order valence-electron chi connectivity index (χ4n) is 3.47. The van der Waals surface area contributed by atoms with E-state index in [9.17, 15) is 0 Å². The largest absolute Gasteiger partial charge is 0.468 e. The van der Waals surface area contributed by atoms with E-state index in [-0.39, 0.29) is 30.1 Å². The highest BCUT2D eigenvalue weighted by Gasteiger charge is 2.15. The molecule has 1 aliphatic rings. The molecule has 0 aliphatic carbocycles. The Morgan fingerprint density at radius 3 is 2.71 bits per heavy atom. The fraction of sp³-hybridized carbons (Fsp3) is 0.522. The Bertz CT molecular complexity index is 764. The number of benzene rings is 1. The lowest BCUT2D eigenvalue weighted by Gasteiger charge is -2.19. The maximum atomic E-state index is 5.80. The first kappa shape index (κ1) is 25.6. The summed E-state index contributed by atoms with van der Waals surface area (Å²) in [4.78, 5) is 6.58. The highest BCUT2D eigenvalue weighted by atomic mass is 127. The van der Waals surface area contributed by atoms with Crippen molar-refractivity contribution in [3.63, 3.8) is 0 Å². The van der Waals surface area contributed by atoms with Crippen molar-refractivity contribution in [1.29, 1.82) is 0 Å². The van der Waals surface area contributed by atoms with Gasteiger partial charge in [0.25, 0.3) is 0 Å². The number of aliphatic imine (C=N–C) groups is 1. The van der Waals surface area contributed by atoms with Crippen LogP contribution < -0.4 is 10.6 Å². The number of furan rings is 1. The Morgan fingerprint density at radius 2 is 2.00 bits per heavy atom. The maximum Gasteiger partial charge on any atom is 0.191 e. The van der Waals surface area contributed by atoms with Crippen LogP contribution in [0, 0.1) is 0 Å². The zero-order valence-electron chi connectivity index (χ0n) is 18.5. The molecule has 31 heavy (non-hydrogen) atoms. The summed E-state index contributed by atoms with van der Waals surface area (Å²) in [7, 11) is 3.90. The highest BCUT2D eigenvalue weighted by Crippen LogP contribution is 2.13. The van der Waals surface area contributed by atoms with E-state index in [1.807, 2.05) is 12.1 Å². The molecular weight excluding hydrogens is 507 g/mol. The number of halogens is 1. The van der Waals surface area contributed by atoms with Gasteiger partial charge in [-0.25, -0.2) is 0 Å². The molecule has 1 atom stereocenters. The molecule has 1 aliphatic heterocycles. The van der Waals surface area contributed by atoms with Crippen LogP contribution in [-0.2, 0) is 29.1 Å². The topological polar surface area (TPSA) is 71.3 Å². The third-order valence-electron chi connectivity index (χ3n) is 5.09. The first-order valence-electron chi connectivity index (χ1n) is 10.7. The summed E-state index contributed by atoms with van der Waals surface area (Å²) in [6, 6.07) is 12.4. The van der Waals surface area contributed by atoms with E-state index in [0.29, 0.717) is 0 Å². The summed E-state index contributed by atoms with van der Waals surface area (Å²) < 4.78 is 16.6. The van der Waals surface area contributed by atoms with Gasteiger partial charge < -0.3 is 24.5 Å². The molecule has 172 valence electrons. The zero-order valence-corrected chi connectivity index (χ0v) is 20.8. The molecule has 0 radical (unpaired) electrons. The molecule has 2 heterocycles. The summed E-state index contributed by atoms with van der Waals surface area (Å²) in [5.74, 6) is 1.78. The van der Waals surface area contributed by atoms with Crippen LogP contribution in [0.2, 0.25) is 0 Å². The molecule has 0 saturated carbocycles. The number of nitrogens with one attached hydrogen (secondary N) is 2. The van der Waals surface area contributed by atoms with Crippen LogP contribution in [-0.4, -0.2) is 57.4 Å². The molecule has 1 fully saturated rings.